The molecule has 0 heterocycles. The summed E-state index contributed by atoms with van der Waals surface area (Å²) in [5, 5.41) is 2.92. The quantitative estimate of drug-likeness (QED) is 0.747. The van der Waals surface area contributed by atoms with Gasteiger partial charge in [0.05, 0.1) is 4.32 Å². The van der Waals surface area contributed by atoms with E-state index in [2.05, 4.69) is 21.2 Å². The van der Waals surface area contributed by atoms with Crippen LogP contribution in [0.3, 0.4) is 0 Å². The van der Waals surface area contributed by atoms with Gasteiger partial charge in [0.15, 0.2) is 0 Å². The van der Waals surface area contributed by atoms with Gasteiger partial charge in [-0.25, -0.2) is 0 Å². The lowest BCUT2D eigenvalue weighted by Gasteiger charge is -2.18. The molecule has 2 aromatic rings. The van der Waals surface area contributed by atoms with Crippen molar-refractivity contribution in [2.45, 2.75) is 38.6 Å². The largest absolute Gasteiger partial charge is 0.488 e. The molecule has 0 spiro atoms. The van der Waals surface area contributed by atoms with Crippen molar-refractivity contribution in [2.75, 3.05) is 5.32 Å². The van der Waals surface area contributed by atoms with Gasteiger partial charge in [-0.1, -0.05) is 46.3 Å². The van der Waals surface area contributed by atoms with Crippen LogP contribution in [0.4, 0.5) is 5.69 Å². The van der Waals surface area contributed by atoms with Crippen LogP contribution >= 0.6 is 15.9 Å². The molecule has 0 saturated heterocycles. The maximum absolute atomic E-state index is 12.1. The molecule has 122 valence electrons. The summed E-state index contributed by atoms with van der Waals surface area (Å²) in [6, 6.07) is 13.9. The first kappa shape index (κ1) is 17.5. The molecule has 2 rings (SSSR count). The van der Waals surface area contributed by atoms with Crippen molar-refractivity contribution in [3.05, 3.63) is 59.2 Å². The lowest BCUT2D eigenvalue weighted by atomic mass is 10.1. The number of hydrogen-bond donors (Lipinski definition) is 1. The van der Waals surface area contributed by atoms with Gasteiger partial charge in [0.25, 0.3) is 0 Å². The molecular weight excluding hydrogens is 354 g/mol. The molecule has 1 N–H and O–H groups in total. The third-order valence-electron chi connectivity index (χ3n) is 3.48. The summed E-state index contributed by atoms with van der Waals surface area (Å²) in [6.45, 7) is 8.14. The van der Waals surface area contributed by atoms with E-state index in [1.165, 1.54) is 0 Å². The van der Waals surface area contributed by atoms with Gasteiger partial charge in [0, 0.05) is 5.69 Å². The highest BCUT2D eigenvalue weighted by Crippen LogP contribution is 2.29. The standard InChI is InChI=1S/C19H22BrNO2/c1-13-10-16(21-18(22)19(3,4)20)11-14(2)17(13)23-12-15-8-6-5-7-9-15/h5-11H,12H2,1-4H3,(H,21,22). The van der Waals surface area contributed by atoms with Crippen LogP contribution in [0.5, 0.6) is 5.75 Å². The van der Waals surface area contributed by atoms with Crippen molar-refractivity contribution in [2.24, 2.45) is 0 Å². The van der Waals surface area contributed by atoms with Crippen molar-refractivity contribution in [1.29, 1.82) is 0 Å². The Morgan fingerprint density at radius 3 is 2.22 bits per heavy atom. The molecule has 3 nitrogen and oxygen atoms in total. The average molecular weight is 376 g/mol. The molecule has 4 heteroatoms. The molecule has 0 aromatic heterocycles. The highest BCUT2D eigenvalue weighted by Gasteiger charge is 2.23. The lowest BCUT2D eigenvalue weighted by molar-refractivity contribution is -0.117. The van der Waals surface area contributed by atoms with Crippen molar-refractivity contribution < 1.29 is 9.53 Å². The van der Waals surface area contributed by atoms with Crippen molar-refractivity contribution in [3.63, 3.8) is 0 Å². The minimum atomic E-state index is -0.600. The van der Waals surface area contributed by atoms with E-state index in [9.17, 15) is 4.79 Å². The number of amides is 1. The lowest BCUT2D eigenvalue weighted by Crippen LogP contribution is -2.31. The molecule has 0 aliphatic heterocycles. The number of rotatable bonds is 5. The molecule has 0 aliphatic carbocycles. The van der Waals surface area contributed by atoms with E-state index in [4.69, 9.17) is 4.74 Å². The Kier molecular flexibility index (Phi) is 5.47. The Labute approximate surface area is 146 Å². The third-order valence-corrected chi connectivity index (χ3v) is 3.84. The maximum Gasteiger partial charge on any atom is 0.240 e. The highest BCUT2D eigenvalue weighted by atomic mass is 79.9. The monoisotopic (exact) mass is 375 g/mol. The van der Waals surface area contributed by atoms with Gasteiger partial charge < -0.3 is 10.1 Å². The summed E-state index contributed by atoms with van der Waals surface area (Å²) >= 11 is 3.37. The molecule has 23 heavy (non-hydrogen) atoms. The molecule has 0 saturated carbocycles. The van der Waals surface area contributed by atoms with E-state index >= 15 is 0 Å². The van der Waals surface area contributed by atoms with Crippen LogP contribution in [0.25, 0.3) is 0 Å². The number of aryl methyl sites for hydroxylation is 2. The summed E-state index contributed by atoms with van der Waals surface area (Å²) in [5.41, 5.74) is 3.92. The van der Waals surface area contributed by atoms with Crippen molar-refractivity contribution in [1.82, 2.24) is 0 Å². The molecule has 0 radical (unpaired) electrons. The van der Waals surface area contributed by atoms with Crippen LogP contribution in [-0.2, 0) is 11.4 Å². The van der Waals surface area contributed by atoms with Crippen molar-refractivity contribution in [3.8, 4) is 5.75 Å². The molecule has 1 amide bonds. The number of nitrogens with one attached hydrogen (secondary N) is 1. The van der Waals surface area contributed by atoms with E-state index < -0.39 is 4.32 Å². The van der Waals surface area contributed by atoms with Gasteiger partial charge in [-0.3, -0.25) is 4.79 Å². The molecule has 0 unspecified atom stereocenters. The van der Waals surface area contributed by atoms with E-state index in [1.807, 2.05) is 70.2 Å². The summed E-state index contributed by atoms with van der Waals surface area (Å²) in [4.78, 5) is 12.1. The van der Waals surface area contributed by atoms with Gasteiger partial charge >= 0.3 is 0 Å². The number of carbonyl (C=O) groups excluding carboxylic acids is 1. The number of carbonyl (C=O) groups is 1. The maximum atomic E-state index is 12.1. The molecule has 0 fully saturated rings. The Balaban J connectivity index is 2.13. The Bertz CT molecular complexity index is 667. The number of halogens is 1. The first-order valence-corrected chi connectivity index (χ1v) is 8.35. The van der Waals surface area contributed by atoms with Crippen molar-refractivity contribution >= 4 is 27.5 Å². The summed E-state index contributed by atoms with van der Waals surface area (Å²) in [7, 11) is 0. The predicted molar refractivity (Wildman–Crippen MR) is 98.3 cm³/mol. The van der Waals surface area contributed by atoms with Crippen LogP contribution in [0.15, 0.2) is 42.5 Å². The van der Waals surface area contributed by atoms with E-state index in [0.29, 0.717) is 6.61 Å². The smallest absolute Gasteiger partial charge is 0.240 e. The fraction of sp³-hybridized carbons (Fsp3) is 0.316. The van der Waals surface area contributed by atoms with Crippen LogP contribution in [0.1, 0.15) is 30.5 Å². The molecule has 0 aliphatic rings. The summed E-state index contributed by atoms with van der Waals surface area (Å²) in [6.07, 6.45) is 0. The molecule has 0 bridgehead atoms. The SMILES string of the molecule is Cc1cc(NC(=O)C(C)(C)Br)cc(C)c1OCc1ccccc1. The number of hydrogen-bond acceptors (Lipinski definition) is 2. The minimum Gasteiger partial charge on any atom is -0.488 e. The highest BCUT2D eigenvalue weighted by molar-refractivity contribution is 9.10. The van der Waals surface area contributed by atoms with E-state index in [0.717, 1.165) is 28.1 Å². The zero-order valence-electron chi connectivity index (χ0n) is 13.9. The van der Waals surface area contributed by atoms with Gasteiger partial charge in [-0.05, 0) is 56.5 Å². The van der Waals surface area contributed by atoms with E-state index in [-0.39, 0.29) is 5.91 Å². The first-order valence-electron chi connectivity index (χ1n) is 7.55. The Morgan fingerprint density at radius 1 is 1.13 bits per heavy atom. The van der Waals surface area contributed by atoms with Gasteiger partial charge in [-0.15, -0.1) is 0 Å². The third kappa shape index (κ3) is 4.83. The second-order valence-electron chi connectivity index (χ2n) is 6.14. The van der Waals surface area contributed by atoms with Gasteiger partial charge in [0.1, 0.15) is 12.4 Å². The topological polar surface area (TPSA) is 38.3 Å². The second-order valence-corrected chi connectivity index (χ2v) is 8.12. The van der Waals surface area contributed by atoms with Gasteiger partial charge in [0.2, 0.25) is 5.91 Å². The number of benzene rings is 2. The Morgan fingerprint density at radius 2 is 1.70 bits per heavy atom. The van der Waals surface area contributed by atoms with Crippen LogP contribution in [0.2, 0.25) is 0 Å². The van der Waals surface area contributed by atoms with Gasteiger partial charge in [-0.2, -0.15) is 0 Å². The zero-order valence-corrected chi connectivity index (χ0v) is 15.5. The molecule has 0 atom stereocenters. The van der Waals surface area contributed by atoms with E-state index in [1.54, 1.807) is 0 Å². The first-order chi connectivity index (χ1) is 10.8. The Hall–Kier alpha value is -1.81. The zero-order chi connectivity index (χ0) is 17.0. The predicted octanol–water partition coefficient (Wildman–Crippen LogP) is 4.99. The fourth-order valence-corrected chi connectivity index (χ4v) is 2.36. The summed E-state index contributed by atoms with van der Waals surface area (Å²) < 4.78 is 5.36. The normalized spacial score (nSPS) is 11.2. The summed E-state index contributed by atoms with van der Waals surface area (Å²) in [5.74, 6) is 0.791. The molecule has 2 aromatic carbocycles. The minimum absolute atomic E-state index is 0.0748. The molecular formula is C19H22BrNO2. The number of ether oxygens (including phenoxy) is 1. The van der Waals surface area contributed by atoms with Crippen LogP contribution < -0.4 is 10.1 Å². The second kappa shape index (κ2) is 7.18. The van der Waals surface area contributed by atoms with Crippen LogP contribution in [0, 0.1) is 13.8 Å². The number of anilines is 1. The average Bonchev–Trinajstić information content (AvgIpc) is 2.46. The number of alkyl halides is 1. The van der Waals surface area contributed by atoms with Crippen LogP contribution in [-0.4, -0.2) is 10.2 Å². The fourth-order valence-electron chi connectivity index (χ4n) is 2.26.